The van der Waals surface area contributed by atoms with Gasteiger partial charge in [0.2, 0.25) is 5.91 Å². The highest BCUT2D eigenvalue weighted by Crippen LogP contribution is 2.28. The predicted molar refractivity (Wildman–Crippen MR) is 80.6 cm³/mol. The molecule has 0 spiro atoms. The maximum atomic E-state index is 13.0. The van der Waals surface area contributed by atoms with E-state index >= 15 is 0 Å². The van der Waals surface area contributed by atoms with Gasteiger partial charge in [0.25, 0.3) is 0 Å². The standard InChI is InChI=1S/C16H29N3O/c1-13-11-18-10-6-3-7-14(18)12-19(13)15(20)16(2)8-4-5-9-17-16/h13-14,17H,3-12H2,1-2H3. The van der Waals surface area contributed by atoms with Gasteiger partial charge >= 0.3 is 0 Å². The Morgan fingerprint density at radius 1 is 1.20 bits per heavy atom. The average molecular weight is 279 g/mol. The lowest BCUT2D eigenvalue weighted by Crippen LogP contribution is -2.66. The monoisotopic (exact) mass is 279 g/mol. The number of hydrogen-bond donors (Lipinski definition) is 1. The lowest BCUT2D eigenvalue weighted by atomic mass is 9.87. The van der Waals surface area contributed by atoms with Crippen LogP contribution in [-0.2, 0) is 4.79 Å². The Bertz CT molecular complexity index is 365. The molecule has 3 aliphatic heterocycles. The second-order valence-electron chi connectivity index (χ2n) is 7.17. The van der Waals surface area contributed by atoms with Gasteiger partial charge in [-0.1, -0.05) is 6.42 Å². The minimum atomic E-state index is -0.316. The quantitative estimate of drug-likeness (QED) is 0.792. The zero-order valence-electron chi connectivity index (χ0n) is 13.0. The van der Waals surface area contributed by atoms with Crippen LogP contribution in [0.2, 0.25) is 0 Å². The third kappa shape index (κ3) is 2.60. The maximum Gasteiger partial charge on any atom is 0.242 e. The fourth-order valence-electron chi connectivity index (χ4n) is 4.19. The number of piperazine rings is 1. The number of rotatable bonds is 1. The van der Waals surface area contributed by atoms with Gasteiger partial charge in [-0.3, -0.25) is 9.69 Å². The van der Waals surface area contributed by atoms with Crippen LogP contribution in [0, 0.1) is 0 Å². The fourth-order valence-corrected chi connectivity index (χ4v) is 4.19. The third-order valence-electron chi connectivity index (χ3n) is 5.54. The molecule has 1 amide bonds. The van der Waals surface area contributed by atoms with Gasteiger partial charge in [-0.2, -0.15) is 0 Å². The SMILES string of the molecule is CC1CN2CCCCC2CN1C(=O)C1(C)CCCCN1. The summed E-state index contributed by atoms with van der Waals surface area (Å²) in [6.07, 6.45) is 7.29. The summed E-state index contributed by atoms with van der Waals surface area (Å²) in [6, 6.07) is 0.966. The van der Waals surface area contributed by atoms with E-state index in [0.717, 1.165) is 26.1 Å². The van der Waals surface area contributed by atoms with E-state index < -0.39 is 0 Å². The van der Waals surface area contributed by atoms with E-state index in [4.69, 9.17) is 0 Å². The highest BCUT2D eigenvalue weighted by atomic mass is 16.2. The first-order valence-electron chi connectivity index (χ1n) is 8.40. The van der Waals surface area contributed by atoms with Crippen molar-refractivity contribution in [3.8, 4) is 0 Å². The van der Waals surface area contributed by atoms with Gasteiger partial charge in [0, 0.05) is 25.2 Å². The molecular formula is C16H29N3O. The molecule has 4 heteroatoms. The molecule has 114 valence electrons. The third-order valence-corrected chi connectivity index (χ3v) is 5.54. The number of carbonyl (C=O) groups is 1. The van der Waals surface area contributed by atoms with E-state index in [2.05, 4.69) is 29.0 Å². The number of nitrogens with one attached hydrogen (secondary N) is 1. The molecule has 3 unspecified atom stereocenters. The van der Waals surface area contributed by atoms with Crippen molar-refractivity contribution in [3.05, 3.63) is 0 Å². The van der Waals surface area contributed by atoms with Gasteiger partial charge in [0.05, 0.1) is 5.54 Å². The Balaban J connectivity index is 1.70. The van der Waals surface area contributed by atoms with Gasteiger partial charge in [0.1, 0.15) is 0 Å². The van der Waals surface area contributed by atoms with Crippen LogP contribution in [0.15, 0.2) is 0 Å². The molecule has 0 saturated carbocycles. The maximum absolute atomic E-state index is 13.0. The van der Waals surface area contributed by atoms with Gasteiger partial charge in [-0.25, -0.2) is 0 Å². The summed E-state index contributed by atoms with van der Waals surface area (Å²) in [6.45, 7) is 8.54. The summed E-state index contributed by atoms with van der Waals surface area (Å²) in [4.78, 5) is 17.8. The predicted octanol–water partition coefficient (Wildman–Crippen LogP) is 1.60. The molecule has 3 fully saturated rings. The Hall–Kier alpha value is -0.610. The van der Waals surface area contributed by atoms with Crippen LogP contribution in [0.3, 0.4) is 0 Å². The molecule has 1 N–H and O–H groups in total. The van der Waals surface area contributed by atoms with Crippen LogP contribution in [0.5, 0.6) is 0 Å². The molecule has 3 heterocycles. The van der Waals surface area contributed by atoms with Crippen LogP contribution in [0.1, 0.15) is 52.4 Å². The van der Waals surface area contributed by atoms with Crippen molar-refractivity contribution in [2.75, 3.05) is 26.2 Å². The molecule has 20 heavy (non-hydrogen) atoms. The molecule has 0 aliphatic carbocycles. The van der Waals surface area contributed by atoms with Crippen LogP contribution in [-0.4, -0.2) is 59.5 Å². The van der Waals surface area contributed by atoms with Gasteiger partial charge < -0.3 is 10.2 Å². The minimum Gasteiger partial charge on any atom is -0.336 e. The largest absolute Gasteiger partial charge is 0.336 e. The van der Waals surface area contributed by atoms with Crippen molar-refractivity contribution in [2.45, 2.75) is 70.0 Å². The number of hydrogen-bond acceptors (Lipinski definition) is 3. The molecule has 0 bridgehead atoms. The van der Waals surface area contributed by atoms with Crippen LogP contribution in [0.25, 0.3) is 0 Å². The van der Waals surface area contributed by atoms with Crippen molar-refractivity contribution in [1.29, 1.82) is 0 Å². The van der Waals surface area contributed by atoms with Gasteiger partial charge in [-0.05, 0) is 59.0 Å². The van der Waals surface area contributed by atoms with Crippen LogP contribution < -0.4 is 5.32 Å². The fraction of sp³-hybridized carbons (Fsp3) is 0.938. The van der Waals surface area contributed by atoms with Gasteiger partial charge in [-0.15, -0.1) is 0 Å². The molecule has 4 nitrogen and oxygen atoms in total. The molecule has 0 aromatic carbocycles. The van der Waals surface area contributed by atoms with Crippen LogP contribution in [0.4, 0.5) is 0 Å². The Morgan fingerprint density at radius 3 is 2.80 bits per heavy atom. The lowest BCUT2D eigenvalue weighted by molar-refractivity contribution is -0.145. The topological polar surface area (TPSA) is 35.6 Å². The molecule has 3 atom stereocenters. The smallest absolute Gasteiger partial charge is 0.242 e. The number of piperidine rings is 2. The summed E-state index contributed by atoms with van der Waals surface area (Å²) < 4.78 is 0. The molecule has 0 aromatic rings. The van der Waals surface area contributed by atoms with E-state index in [0.29, 0.717) is 18.0 Å². The van der Waals surface area contributed by atoms with E-state index in [1.165, 1.54) is 38.6 Å². The van der Waals surface area contributed by atoms with Crippen molar-refractivity contribution in [2.24, 2.45) is 0 Å². The number of nitrogens with zero attached hydrogens (tertiary/aromatic N) is 2. The van der Waals surface area contributed by atoms with Gasteiger partial charge in [0.15, 0.2) is 0 Å². The second kappa shape index (κ2) is 5.64. The Kier molecular flexibility index (Phi) is 4.04. The number of amides is 1. The Labute approximate surface area is 122 Å². The molecule has 3 saturated heterocycles. The normalized spacial score (nSPS) is 39.4. The van der Waals surface area contributed by atoms with E-state index in [9.17, 15) is 4.79 Å². The van der Waals surface area contributed by atoms with Crippen molar-refractivity contribution >= 4 is 5.91 Å². The molecular weight excluding hydrogens is 250 g/mol. The van der Waals surface area contributed by atoms with E-state index in [1.54, 1.807) is 0 Å². The minimum absolute atomic E-state index is 0.316. The summed E-state index contributed by atoms with van der Waals surface area (Å²) in [7, 11) is 0. The van der Waals surface area contributed by atoms with Crippen molar-refractivity contribution in [3.63, 3.8) is 0 Å². The van der Waals surface area contributed by atoms with E-state index in [-0.39, 0.29) is 5.54 Å². The van der Waals surface area contributed by atoms with E-state index in [1.807, 2.05) is 0 Å². The van der Waals surface area contributed by atoms with Crippen molar-refractivity contribution in [1.82, 2.24) is 15.1 Å². The molecule has 0 aromatic heterocycles. The highest BCUT2D eigenvalue weighted by molar-refractivity contribution is 5.86. The summed E-state index contributed by atoms with van der Waals surface area (Å²) in [5.41, 5.74) is -0.316. The lowest BCUT2D eigenvalue weighted by Gasteiger charge is -2.50. The number of fused-ring (bicyclic) bond motifs is 1. The summed E-state index contributed by atoms with van der Waals surface area (Å²) in [5.74, 6) is 0.343. The van der Waals surface area contributed by atoms with Crippen molar-refractivity contribution < 1.29 is 4.79 Å². The zero-order chi connectivity index (χ0) is 14.2. The molecule has 3 aliphatic rings. The highest BCUT2D eigenvalue weighted by Gasteiger charge is 2.42. The Morgan fingerprint density at radius 2 is 2.05 bits per heavy atom. The first-order valence-corrected chi connectivity index (χ1v) is 8.40. The molecule has 0 radical (unpaired) electrons. The summed E-state index contributed by atoms with van der Waals surface area (Å²) >= 11 is 0. The molecule has 3 rings (SSSR count). The second-order valence-corrected chi connectivity index (χ2v) is 7.17. The zero-order valence-corrected chi connectivity index (χ0v) is 13.0. The first-order chi connectivity index (χ1) is 9.60. The number of carbonyl (C=O) groups excluding carboxylic acids is 1. The average Bonchev–Trinajstić information content (AvgIpc) is 2.46. The van der Waals surface area contributed by atoms with Crippen LogP contribution >= 0.6 is 0 Å². The first kappa shape index (κ1) is 14.3. The summed E-state index contributed by atoms with van der Waals surface area (Å²) in [5, 5.41) is 3.48.